The zero-order valence-corrected chi connectivity index (χ0v) is 15.6. The monoisotopic (exact) mass is 381 g/mol. The van der Waals surface area contributed by atoms with Gasteiger partial charge in [0, 0.05) is 23.0 Å². The first-order valence-corrected chi connectivity index (χ1v) is 8.83. The van der Waals surface area contributed by atoms with E-state index >= 15 is 0 Å². The number of anilines is 1. The summed E-state index contributed by atoms with van der Waals surface area (Å²) in [4.78, 5) is 29.3. The van der Waals surface area contributed by atoms with E-state index in [0.717, 1.165) is 0 Å². The molecular weight excluding hydrogens is 361 g/mol. The quantitative estimate of drug-likeness (QED) is 0.710. The third-order valence-corrected chi connectivity index (χ3v) is 3.99. The Kier molecular flexibility index (Phi) is 5.84. The third-order valence-electron chi connectivity index (χ3n) is 3.99. The van der Waals surface area contributed by atoms with Gasteiger partial charge >= 0.3 is 0 Å². The van der Waals surface area contributed by atoms with E-state index in [-0.39, 0.29) is 18.0 Å². The molecule has 2 aromatic carbocycles. The first-order chi connectivity index (χ1) is 13.5. The molecule has 0 saturated heterocycles. The Morgan fingerprint density at radius 2 is 1.82 bits per heavy atom. The fraction of sp³-hybridized carbons (Fsp3) is 0.190. The van der Waals surface area contributed by atoms with Crippen molar-refractivity contribution in [3.8, 4) is 17.1 Å². The molecule has 3 aromatic rings. The molecule has 0 spiro atoms. The van der Waals surface area contributed by atoms with Crippen LogP contribution in [0, 0.1) is 12.7 Å². The topological polar surface area (TPSA) is 73.2 Å². The van der Waals surface area contributed by atoms with Crippen LogP contribution in [0.25, 0.3) is 11.4 Å². The van der Waals surface area contributed by atoms with Crippen LogP contribution < -0.4 is 15.6 Å². The third kappa shape index (κ3) is 4.62. The lowest BCUT2D eigenvalue weighted by Crippen LogP contribution is -2.29. The number of aryl methyl sites for hydroxylation is 1. The maximum Gasteiger partial charge on any atom is 0.254 e. The molecule has 0 unspecified atom stereocenters. The summed E-state index contributed by atoms with van der Waals surface area (Å²) in [5.74, 6) is 0.253. The van der Waals surface area contributed by atoms with E-state index in [2.05, 4.69) is 10.3 Å². The van der Waals surface area contributed by atoms with Crippen molar-refractivity contribution in [2.75, 3.05) is 11.9 Å². The highest BCUT2D eigenvalue weighted by Gasteiger charge is 2.13. The lowest BCUT2D eigenvalue weighted by Gasteiger charge is -2.13. The van der Waals surface area contributed by atoms with Crippen molar-refractivity contribution < 1.29 is 13.9 Å². The van der Waals surface area contributed by atoms with E-state index in [1.807, 2.05) is 6.92 Å². The minimum atomic E-state index is -0.390. The van der Waals surface area contributed by atoms with Gasteiger partial charge in [0.15, 0.2) is 0 Å². The number of hydrogen-bond acceptors (Lipinski definition) is 4. The minimum Gasteiger partial charge on any atom is -0.494 e. The van der Waals surface area contributed by atoms with Crippen LogP contribution in [0.5, 0.6) is 5.75 Å². The van der Waals surface area contributed by atoms with E-state index in [1.165, 1.54) is 34.9 Å². The van der Waals surface area contributed by atoms with Gasteiger partial charge in [-0.25, -0.2) is 9.37 Å². The van der Waals surface area contributed by atoms with E-state index < -0.39 is 5.82 Å². The number of ether oxygens (including phenoxy) is 1. The lowest BCUT2D eigenvalue weighted by molar-refractivity contribution is -0.116. The molecule has 7 heteroatoms. The fourth-order valence-corrected chi connectivity index (χ4v) is 2.74. The smallest absolute Gasteiger partial charge is 0.254 e. The molecule has 1 N–H and O–H groups in total. The molecule has 28 heavy (non-hydrogen) atoms. The fourth-order valence-electron chi connectivity index (χ4n) is 2.74. The van der Waals surface area contributed by atoms with E-state index in [4.69, 9.17) is 4.74 Å². The van der Waals surface area contributed by atoms with Crippen LogP contribution in [-0.4, -0.2) is 22.1 Å². The summed E-state index contributed by atoms with van der Waals surface area (Å²) in [5.41, 5.74) is 1.31. The highest BCUT2D eigenvalue weighted by molar-refractivity contribution is 5.90. The summed E-state index contributed by atoms with van der Waals surface area (Å²) in [6.45, 7) is 3.92. The van der Waals surface area contributed by atoms with Crippen LogP contribution in [0.4, 0.5) is 10.1 Å². The molecule has 0 aliphatic heterocycles. The summed E-state index contributed by atoms with van der Waals surface area (Å²) in [6, 6.07) is 13.9. The molecule has 1 heterocycles. The van der Waals surface area contributed by atoms with Crippen molar-refractivity contribution in [1.82, 2.24) is 9.55 Å². The van der Waals surface area contributed by atoms with Gasteiger partial charge in [0.2, 0.25) is 5.91 Å². The van der Waals surface area contributed by atoms with Gasteiger partial charge in [-0.3, -0.25) is 14.2 Å². The van der Waals surface area contributed by atoms with E-state index in [9.17, 15) is 14.0 Å². The van der Waals surface area contributed by atoms with Crippen LogP contribution >= 0.6 is 0 Å². The van der Waals surface area contributed by atoms with Gasteiger partial charge in [-0.2, -0.15) is 0 Å². The van der Waals surface area contributed by atoms with Gasteiger partial charge in [-0.15, -0.1) is 0 Å². The van der Waals surface area contributed by atoms with Crippen LogP contribution in [0.1, 0.15) is 12.6 Å². The zero-order valence-electron chi connectivity index (χ0n) is 15.6. The van der Waals surface area contributed by atoms with Crippen molar-refractivity contribution in [3.05, 3.63) is 76.5 Å². The Morgan fingerprint density at radius 3 is 2.46 bits per heavy atom. The first-order valence-electron chi connectivity index (χ1n) is 8.83. The second-order valence-corrected chi connectivity index (χ2v) is 6.16. The predicted octanol–water partition coefficient (Wildman–Crippen LogP) is 3.40. The van der Waals surface area contributed by atoms with E-state index in [0.29, 0.717) is 35.1 Å². The Bertz CT molecular complexity index is 1030. The molecule has 6 nitrogen and oxygen atoms in total. The summed E-state index contributed by atoms with van der Waals surface area (Å²) in [5, 5.41) is 2.75. The molecule has 0 aliphatic carbocycles. The Morgan fingerprint density at radius 1 is 1.14 bits per heavy atom. The molecule has 1 amide bonds. The maximum absolute atomic E-state index is 13.2. The summed E-state index contributed by atoms with van der Waals surface area (Å²) in [7, 11) is 0. The molecule has 0 radical (unpaired) electrons. The lowest BCUT2D eigenvalue weighted by atomic mass is 10.2. The first kappa shape index (κ1) is 19.3. The standard InChI is InChI=1S/C21H20FN3O3/c1-3-28-18-10-8-17(9-11-18)24-19(26)13-25-20(27)12-14(2)23-21(25)15-4-6-16(22)7-5-15/h4-12H,3,13H2,1-2H3,(H,24,26). The van der Waals surface area contributed by atoms with Crippen molar-refractivity contribution in [2.24, 2.45) is 0 Å². The molecule has 0 saturated carbocycles. The molecule has 0 bridgehead atoms. The second-order valence-electron chi connectivity index (χ2n) is 6.16. The number of benzene rings is 2. The van der Waals surface area contributed by atoms with Gasteiger partial charge in [0.25, 0.3) is 5.56 Å². The summed E-state index contributed by atoms with van der Waals surface area (Å²) in [6.07, 6.45) is 0. The van der Waals surface area contributed by atoms with Crippen molar-refractivity contribution in [2.45, 2.75) is 20.4 Å². The molecule has 0 atom stereocenters. The van der Waals surface area contributed by atoms with Gasteiger partial charge in [0.1, 0.15) is 23.9 Å². The van der Waals surface area contributed by atoms with Crippen molar-refractivity contribution >= 4 is 11.6 Å². The van der Waals surface area contributed by atoms with Crippen LogP contribution in [-0.2, 0) is 11.3 Å². The normalized spacial score (nSPS) is 10.5. The highest BCUT2D eigenvalue weighted by atomic mass is 19.1. The molecule has 3 rings (SSSR count). The number of carbonyl (C=O) groups excluding carboxylic acids is 1. The van der Waals surface area contributed by atoms with Crippen LogP contribution in [0.2, 0.25) is 0 Å². The number of aromatic nitrogens is 2. The number of rotatable bonds is 6. The molecule has 0 aliphatic rings. The largest absolute Gasteiger partial charge is 0.494 e. The maximum atomic E-state index is 13.2. The summed E-state index contributed by atoms with van der Waals surface area (Å²) < 4.78 is 19.9. The Balaban J connectivity index is 1.84. The number of nitrogens with one attached hydrogen (secondary N) is 1. The highest BCUT2D eigenvalue weighted by Crippen LogP contribution is 2.18. The van der Waals surface area contributed by atoms with Gasteiger partial charge in [-0.1, -0.05) is 0 Å². The molecule has 1 aromatic heterocycles. The SMILES string of the molecule is CCOc1ccc(NC(=O)Cn2c(-c3ccc(F)cc3)nc(C)cc2=O)cc1. The van der Waals surface area contributed by atoms with Gasteiger partial charge in [-0.05, 0) is 62.4 Å². The van der Waals surface area contributed by atoms with Gasteiger partial charge < -0.3 is 10.1 Å². The number of hydrogen-bond donors (Lipinski definition) is 1. The van der Waals surface area contributed by atoms with Gasteiger partial charge in [0.05, 0.1) is 6.61 Å². The molecule has 144 valence electrons. The molecule has 0 fully saturated rings. The van der Waals surface area contributed by atoms with Crippen LogP contribution in [0.3, 0.4) is 0 Å². The van der Waals surface area contributed by atoms with Crippen molar-refractivity contribution in [1.29, 1.82) is 0 Å². The Labute approximate surface area is 161 Å². The number of halogens is 1. The number of carbonyl (C=O) groups is 1. The molecular formula is C21H20FN3O3. The number of amides is 1. The van der Waals surface area contributed by atoms with E-state index in [1.54, 1.807) is 31.2 Å². The van der Waals surface area contributed by atoms with Crippen molar-refractivity contribution in [3.63, 3.8) is 0 Å². The zero-order chi connectivity index (χ0) is 20.1. The average Bonchev–Trinajstić information content (AvgIpc) is 2.66. The van der Waals surface area contributed by atoms with Crippen LogP contribution in [0.15, 0.2) is 59.4 Å². The average molecular weight is 381 g/mol. The predicted molar refractivity (Wildman–Crippen MR) is 105 cm³/mol. The Hall–Kier alpha value is -3.48. The second kappa shape index (κ2) is 8.47. The number of nitrogens with zero attached hydrogens (tertiary/aromatic N) is 2. The minimum absolute atomic E-state index is 0.216. The summed E-state index contributed by atoms with van der Waals surface area (Å²) >= 11 is 0.